The first-order valence-electron chi connectivity index (χ1n) is 12.5. The predicted molar refractivity (Wildman–Crippen MR) is 129 cm³/mol. The number of hydrogen-bond donors (Lipinski definition) is 0. The first-order valence-corrected chi connectivity index (χ1v) is 13.9. The molecule has 6 nitrogen and oxygen atoms in total. The van der Waals surface area contributed by atoms with Crippen LogP contribution in [0.15, 0.2) is 0 Å². The van der Waals surface area contributed by atoms with E-state index in [1.54, 1.807) is 0 Å². The second kappa shape index (κ2) is 22.7. The summed E-state index contributed by atoms with van der Waals surface area (Å²) in [4.78, 5) is 10.5. The van der Waals surface area contributed by atoms with Crippen LogP contribution in [-0.4, -0.2) is 57.5 Å². The largest absolute Gasteiger partial charge is 0.726 e. The molecule has 0 fully saturated rings. The van der Waals surface area contributed by atoms with Gasteiger partial charge in [0.1, 0.15) is 6.29 Å². The number of carbonyl (C=O) groups is 1. The zero-order chi connectivity index (χ0) is 23.8. The van der Waals surface area contributed by atoms with Gasteiger partial charge in [-0.2, -0.15) is 0 Å². The van der Waals surface area contributed by atoms with Crippen molar-refractivity contribution in [3.63, 3.8) is 0 Å². The Morgan fingerprint density at radius 1 is 0.710 bits per heavy atom. The number of unbranched alkanes of at least 4 members (excludes halogenated alkanes) is 13. The average Bonchev–Trinajstić information content (AvgIpc) is 2.73. The van der Waals surface area contributed by atoms with Crippen LogP contribution in [0.5, 0.6) is 0 Å². The maximum Gasteiger partial charge on any atom is 0.217 e. The zero-order valence-corrected chi connectivity index (χ0v) is 21.7. The number of carbonyl (C=O) groups excluding carboxylic acids is 1. The molecule has 31 heavy (non-hydrogen) atoms. The number of quaternary nitrogens is 1. The fourth-order valence-corrected chi connectivity index (χ4v) is 3.78. The van der Waals surface area contributed by atoms with Gasteiger partial charge in [-0.1, -0.05) is 65.2 Å². The fourth-order valence-electron chi connectivity index (χ4n) is 3.78. The van der Waals surface area contributed by atoms with Gasteiger partial charge in [0.15, 0.2) is 0 Å². The molecule has 7 heteroatoms. The summed E-state index contributed by atoms with van der Waals surface area (Å²) in [5.74, 6) is 0. The molecule has 0 rings (SSSR count). The van der Waals surface area contributed by atoms with Gasteiger partial charge >= 0.3 is 0 Å². The minimum Gasteiger partial charge on any atom is -0.726 e. The number of hydrogen-bond acceptors (Lipinski definition) is 5. The van der Waals surface area contributed by atoms with Crippen LogP contribution in [-0.2, 0) is 19.4 Å². The highest BCUT2D eigenvalue weighted by Gasteiger charge is 2.20. The van der Waals surface area contributed by atoms with E-state index in [-0.39, 0.29) is 0 Å². The smallest absolute Gasteiger partial charge is 0.217 e. The van der Waals surface area contributed by atoms with Gasteiger partial charge in [-0.3, -0.25) is 4.18 Å². The average molecular weight is 466 g/mol. The summed E-state index contributed by atoms with van der Waals surface area (Å²) < 4.78 is 32.3. The Labute approximate surface area is 193 Å². The Morgan fingerprint density at radius 3 is 1.35 bits per heavy atom. The fraction of sp³-hybridized carbons (Fsp3) is 0.958. The van der Waals surface area contributed by atoms with Gasteiger partial charge in [0.2, 0.25) is 10.4 Å². The summed E-state index contributed by atoms with van der Waals surface area (Å²) in [5.41, 5.74) is 0. The van der Waals surface area contributed by atoms with Crippen LogP contribution in [0.3, 0.4) is 0 Å². The first kappa shape index (κ1) is 32.7. The molecule has 0 saturated heterocycles. The third-order valence-electron chi connectivity index (χ3n) is 5.83. The summed E-state index contributed by atoms with van der Waals surface area (Å²) in [6.45, 7) is 8.60. The van der Waals surface area contributed by atoms with Crippen molar-refractivity contribution < 1.29 is 26.4 Å². The van der Waals surface area contributed by atoms with Gasteiger partial charge in [-0.15, -0.1) is 0 Å². The first-order chi connectivity index (χ1) is 14.7. The molecule has 0 spiro atoms. The SMILES string of the molecule is CCCCCCCC[N+](C)(CCCCCC=O)CCCCCCCC.COS(=O)(=O)[O-]. The van der Waals surface area contributed by atoms with Crippen molar-refractivity contribution in [2.24, 2.45) is 0 Å². The minimum absolute atomic E-state index is 0.749. The Kier molecular flexibility index (Phi) is 23.9. The van der Waals surface area contributed by atoms with Crippen molar-refractivity contribution in [1.82, 2.24) is 0 Å². The molecule has 0 aromatic heterocycles. The summed E-state index contributed by atoms with van der Waals surface area (Å²) >= 11 is 0. The van der Waals surface area contributed by atoms with Gasteiger partial charge < -0.3 is 13.8 Å². The third kappa shape index (κ3) is 27.5. The zero-order valence-electron chi connectivity index (χ0n) is 20.9. The van der Waals surface area contributed by atoms with E-state index < -0.39 is 10.4 Å². The van der Waals surface area contributed by atoms with E-state index in [0.717, 1.165) is 26.2 Å². The van der Waals surface area contributed by atoms with Crippen LogP contribution in [0.2, 0.25) is 0 Å². The van der Waals surface area contributed by atoms with Crippen LogP contribution in [0.1, 0.15) is 117 Å². The van der Waals surface area contributed by atoms with Crippen molar-refractivity contribution in [1.29, 1.82) is 0 Å². The second-order valence-corrected chi connectivity index (χ2v) is 10.1. The van der Waals surface area contributed by atoms with Crippen LogP contribution in [0, 0.1) is 0 Å². The van der Waals surface area contributed by atoms with Gasteiger partial charge in [-0.25, -0.2) is 8.42 Å². The maximum absolute atomic E-state index is 10.5. The highest BCUT2D eigenvalue weighted by atomic mass is 32.3. The highest BCUT2D eigenvalue weighted by Crippen LogP contribution is 2.15. The molecule has 0 saturated carbocycles. The van der Waals surface area contributed by atoms with Crippen LogP contribution in [0.4, 0.5) is 0 Å². The molecule has 0 aromatic rings. The highest BCUT2D eigenvalue weighted by molar-refractivity contribution is 7.80. The van der Waals surface area contributed by atoms with Gasteiger partial charge in [0, 0.05) is 6.42 Å². The number of nitrogens with zero attached hydrogens (tertiary/aromatic N) is 1. The van der Waals surface area contributed by atoms with E-state index in [1.807, 2.05) is 0 Å². The van der Waals surface area contributed by atoms with Gasteiger partial charge in [0.25, 0.3) is 0 Å². The Morgan fingerprint density at radius 2 is 1.03 bits per heavy atom. The minimum atomic E-state index is -4.41. The molecular weight excluding hydrogens is 414 g/mol. The quantitative estimate of drug-likeness (QED) is 0.0682. The van der Waals surface area contributed by atoms with Crippen molar-refractivity contribution in [3.8, 4) is 0 Å². The van der Waals surface area contributed by atoms with Crippen LogP contribution in [0.25, 0.3) is 0 Å². The van der Waals surface area contributed by atoms with Crippen LogP contribution >= 0.6 is 0 Å². The molecule has 0 unspecified atom stereocenters. The van der Waals surface area contributed by atoms with Crippen molar-refractivity contribution in [2.75, 3.05) is 33.8 Å². The Bertz CT molecular complexity index is 466. The standard InChI is InChI=1S/C23H48NO.CH4O4S/c1-4-6-8-10-12-16-20-24(3,22-18-14-15-19-23-25)21-17-13-11-9-7-5-2;1-5-6(2,3)4/h23H,4-22H2,1-3H3;1H3,(H,2,3,4)/q+1;/p-1. The molecule has 0 atom stereocenters. The lowest BCUT2D eigenvalue weighted by Gasteiger charge is -2.35. The number of rotatable bonds is 21. The van der Waals surface area contributed by atoms with Gasteiger partial charge in [0.05, 0.1) is 33.8 Å². The number of aldehydes is 1. The predicted octanol–water partition coefficient (Wildman–Crippen LogP) is 6.01. The van der Waals surface area contributed by atoms with E-state index >= 15 is 0 Å². The lowest BCUT2D eigenvalue weighted by molar-refractivity contribution is -0.910. The van der Waals surface area contributed by atoms with Crippen molar-refractivity contribution in [3.05, 3.63) is 0 Å². The van der Waals surface area contributed by atoms with E-state index in [0.29, 0.717) is 0 Å². The monoisotopic (exact) mass is 465 g/mol. The van der Waals surface area contributed by atoms with E-state index in [4.69, 9.17) is 0 Å². The summed E-state index contributed by atoms with van der Waals surface area (Å²) in [6, 6.07) is 0. The van der Waals surface area contributed by atoms with E-state index in [9.17, 15) is 17.8 Å². The van der Waals surface area contributed by atoms with E-state index in [1.165, 1.54) is 114 Å². The maximum atomic E-state index is 10.5. The van der Waals surface area contributed by atoms with Crippen LogP contribution < -0.4 is 0 Å². The topological polar surface area (TPSA) is 83.5 Å². The molecule has 188 valence electrons. The molecule has 0 aliphatic heterocycles. The molecule has 0 aromatic carbocycles. The molecule has 0 amide bonds. The van der Waals surface area contributed by atoms with Gasteiger partial charge in [-0.05, 0) is 44.9 Å². The lowest BCUT2D eigenvalue weighted by Crippen LogP contribution is -2.46. The molecule has 0 N–H and O–H groups in total. The molecular formula is C24H51NO5S. The summed E-state index contributed by atoms with van der Waals surface area (Å²) in [7, 11) is -1.12. The molecule has 0 heterocycles. The summed E-state index contributed by atoms with van der Waals surface area (Å²) in [6.07, 6.45) is 22.2. The third-order valence-corrected chi connectivity index (χ3v) is 6.24. The Balaban J connectivity index is 0. The normalized spacial score (nSPS) is 11.8. The van der Waals surface area contributed by atoms with E-state index in [2.05, 4.69) is 25.1 Å². The molecule has 0 aliphatic carbocycles. The lowest BCUT2D eigenvalue weighted by atomic mass is 10.1. The summed E-state index contributed by atoms with van der Waals surface area (Å²) in [5, 5.41) is 0. The van der Waals surface area contributed by atoms with Crippen molar-refractivity contribution >= 4 is 16.7 Å². The van der Waals surface area contributed by atoms with Crippen molar-refractivity contribution in [2.45, 2.75) is 117 Å². The molecule has 0 aliphatic rings. The Hall–Kier alpha value is -0.500. The molecule has 0 bridgehead atoms. The second-order valence-electron chi connectivity index (χ2n) is 8.92. The molecule has 0 radical (unpaired) electrons.